The van der Waals surface area contributed by atoms with Crippen molar-refractivity contribution in [1.82, 2.24) is 14.9 Å². The number of rotatable bonds is 4. The van der Waals surface area contributed by atoms with Gasteiger partial charge in [0.25, 0.3) is 5.91 Å². The largest absolute Gasteiger partial charge is 0.353 e. The zero-order chi connectivity index (χ0) is 21.1. The minimum Gasteiger partial charge on any atom is -0.353 e. The van der Waals surface area contributed by atoms with E-state index in [1.54, 1.807) is 0 Å². The molecule has 3 aromatic rings. The lowest BCUT2D eigenvalue weighted by atomic mass is 10.1. The van der Waals surface area contributed by atoms with Gasteiger partial charge in [0.15, 0.2) is 5.82 Å². The molecule has 2 aromatic carbocycles. The average Bonchev–Trinajstić information content (AvgIpc) is 2.79. The van der Waals surface area contributed by atoms with Gasteiger partial charge in [-0.1, -0.05) is 55.0 Å². The van der Waals surface area contributed by atoms with Crippen LogP contribution in [0.4, 0.5) is 5.82 Å². The third-order valence-electron chi connectivity index (χ3n) is 5.74. The fourth-order valence-corrected chi connectivity index (χ4v) is 3.97. The van der Waals surface area contributed by atoms with E-state index < -0.39 is 0 Å². The number of carbonyl (C=O) groups excluding carboxylic acids is 1. The van der Waals surface area contributed by atoms with Crippen molar-refractivity contribution in [3.8, 4) is 11.4 Å². The fraction of sp³-hybridized carbons (Fsp3) is 0.320. The first-order chi connectivity index (χ1) is 14.6. The number of hydrogen-bond acceptors (Lipinski definition) is 4. The summed E-state index contributed by atoms with van der Waals surface area (Å²) >= 11 is 0. The van der Waals surface area contributed by atoms with E-state index in [0.29, 0.717) is 13.1 Å². The van der Waals surface area contributed by atoms with E-state index in [1.165, 1.54) is 11.1 Å². The second-order valence-corrected chi connectivity index (χ2v) is 7.80. The van der Waals surface area contributed by atoms with Gasteiger partial charge in [-0.2, -0.15) is 0 Å². The topological polar surface area (TPSA) is 49.3 Å². The Morgan fingerprint density at radius 3 is 2.20 bits per heavy atom. The molecule has 154 valence electrons. The monoisotopic (exact) mass is 400 g/mol. The molecule has 0 unspecified atom stereocenters. The van der Waals surface area contributed by atoms with Crippen molar-refractivity contribution in [2.45, 2.75) is 27.2 Å². The van der Waals surface area contributed by atoms with Gasteiger partial charge >= 0.3 is 0 Å². The average molecular weight is 401 g/mol. The molecule has 1 fully saturated rings. The molecule has 1 saturated heterocycles. The van der Waals surface area contributed by atoms with Gasteiger partial charge in [-0.25, -0.2) is 9.97 Å². The third kappa shape index (κ3) is 4.06. The Morgan fingerprint density at radius 2 is 1.57 bits per heavy atom. The summed E-state index contributed by atoms with van der Waals surface area (Å²) in [4.78, 5) is 26.8. The Hall–Kier alpha value is -3.21. The Morgan fingerprint density at radius 1 is 0.900 bits per heavy atom. The molecule has 0 radical (unpaired) electrons. The molecule has 1 aromatic heterocycles. The Balaban J connectivity index is 1.56. The minimum atomic E-state index is 0.102. The number of carbonyl (C=O) groups is 1. The highest BCUT2D eigenvalue weighted by Gasteiger charge is 2.25. The van der Waals surface area contributed by atoms with Crippen LogP contribution >= 0.6 is 0 Å². The van der Waals surface area contributed by atoms with Crippen molar-refractivity contribution < 1.29 is 4.79 Å². The smallest absolute Gasteiger partial charge is 0.253 e. The van der Waals surface area contributed by atoms with E-state index in [1.807, 2.05) is 35.2 Å². The molecule has 5 heteroatoms. The van der Waals surface area contributed by atoms with E-state index in [9.17, 15) is 4.79 Å². The predicted octanol–water partition coefficient (Wildman–Crippen LogP) is 4.29. The van der Waals surface area contributed by atoms with Crippen LogP contribution in [0.3, 0.4) is 0 Å². The van der Waals surface area contributed by atoms with Crippen LogP contribution in [0.1, 0.15) is 34.1 Å². The van der Waals surface area contributed by atoms with Gasteiger partial charge in [-0.15, -0.1) is 0 Å². The van der Waals surface area contributed by atoms with E-state index in [2.05, 4.69) is 49.9 Å². The van der Waals surface area contributed by atoms with Crippen LogP contribution < -0.4 is 4.90 Å². The van der Waals surface area contributed by atoms with E-state index in [4.69, 9.17) is 9.97 Å². The number of amides is 1. The third-order valence-corrected chi connectivity index (χ3v) is 5.74. The van der Waals surface area contributed by atoms with E-state index in [0.717, 1.165) is 48.0 Å². The zero-order valence-corrected chi connectivity index (χ0v) is 17.9. The van der Waals surface area contributed by atoms with Crippen molar-refractivity contribution in [3.05, 3.63) is 77.0 Å². The summed E-state index contributed by atoms with van der Waals surface area (Å²) in [5, 5.41) is 0. The molecule has 0 bridgehead atoms. The standard InChI is InChI=1S/C25H28N4O/c1-4-22-19(3)26-23(20-12-10-18(2)11-13-20)27-24(22)28-14-16-29(17-15-28)25(30)21-8-6-5-7-9-21/h5-13H,4,14-17H2,1-3H3. The summed E-state index contributed by atoms with van der Waals surface area (Å²) in [6, 6.07) is 17.9. The maximum Gasteiger partial charge on any atom is 0.253 e. The highest BCUT2D eigenvalue weighted by atomic mass is 16.2. The molecular formula is C25H28N4O. The Labute approximate surface area is 178 Å². The van der Waals surface area contributed by atoms with Crippen molar-refractivity contribution in [3.63, 3.8) is 0 Å². The molecule has 5 nitrogen and oxygen atoms in total. The second kappa shape index (κ2) is 8.66. The summed E-state index contributed by atoms with van der Waals surface area (Å²) in [5.74, 6) is 1.88. The molecular weight excluding hydrogens is 372 g/mol. The molecule has 0 spiro atoms. The lowest BCUT2D eigenvalue weighted by molar-refractivity contribution is 0.0746. The molecule has 0 N–H and O–H groups in total. The lowest BCUT2D eigenvalue weighted by Gasteiger charge is -2.36. The summed E-state index contributed by atoms with van der Waals surface area (Å²) in [7, 11) is 0. The van der Waals surface area contributed by atoms with Crippen molar-refractivity contribution >= 4 is 11.7 Å². The lowest BCUT2D eigenvalue weighted by Crippen LogP contribution is -2.49. The Bertz CT molecular complexity index is 1020. The molecule has 4 rings (SSSR count). The van der Waals surface area contributed by atoms with Gasteiger partial charge in [0.1, 0.15) is 5.82 Å². The first kappa shape index (κ1) is 20.1. The van der Waals surface area contributed by atoms with Crippen molar-refractivity contribution in [2.75, 3.05) is 31.1 Å². The van der Waals surface area contributed by atoms with Crippen molar-refractivity contribution in [1.29, 1.82) is 0 Å². The molecule has 0 aliphatic carbocycles. The molecule has 30 heavy (non-hydrogen) atoms. The SMILES string of the molecule is CCc1c(C)nc(-c2ccc(C)cc2)nc1N1CCN(C(=O)c2ccccc2)CC1. The van der Waals surface area contributed by atoms with Crippen LogP contribution in [-0.4, -0.2) is 47.0 Å². The summed E-state index contributed by atoms with van der Waals surface area (Å²) < 4.78 is 0. The molecule has 0 saturated carbocycles. The number of aromatic nitrogens is 2. The van der Waals surface area contributed by atoms with Crippen molar-refractivity contribution in [2.24, 2.45) is 0 Å². The highest BCUT2D eigenvalue weighted by molar-refractivity contribution is 5.94. The van der Waals surface area contributed by atoms with Crippen LogP contribution in [0.25, 0.3) is 11.4 Å². The van der Waals surface area contributed by atoms with Crippen LogP contribution in [0.5, 0.6) is 0 Å². The molecule has 2 heterocycles. The van der Waals surface area contributed by atoms with Crippen LogP contribution in [0.15, 0.2) is 54.6 Å². The summed E-state index contributed by atoms with van der Waals surface area (Å²) in [6.07, 6.45) is 0.887. The highest BCUT2D eigenvalue weighted by Crippen LogP contribution is 2.27. The van der Waals surface area contributed by atoms with E-state index >= 15 is 0 Å². The molecule has 1 amide bonds. The number of hydrogen-bond donors (Lipinski definition) is 0. The van der Waals surface area contributed by atoms with Crippen LogP contribution in [0, 0.1) is 13.8 Å². The van der Waals surface area contributed by atoms with Gasteiger partial charge < -0.3 is 9.80 Å². The van der Waals surface area contributed by atoms with Crippen LogP contribution in [-0.2, 0) is 6.42 Å². The fourth-order valence-electron chi connectivity index (χ4n) is 3.97. The maximum atomic E-state index is 12.8. The number of nitrogens with zero attached hydrogens (tertiary/aromatic N) is 4. The first-order valence-electron chi connectivity index (χ1n) is 10.6. The van der Waals surface area contributed by atoms with Crippen LogP contribution in [0.2, 0.25) is 0 Å². The summed E-state index contributed by atoms with van der Waals surface area (Å²) in [6.45, 7) is 9.23. The Kier molecular flexibility index (Phi) is 5.79. The number of piperazine rings is 1. The number of aryl methyl sites for hydroxylation is 2. The first-order valence-corrected chi connectivity index (χ1v) is 10.6. The number of benzene rings is 2. The van der Waals surface area contributed by atoms with Gasteiger partial charge in [-0.05, 0) is 32.4 Å². The number of anilines is 1. The second-order valence-electron chi connectivity index (χ2n) is 7.80. The maximum absolute atomic E-state index is 12.8. The minimum absolute atomic E-state index is 0.102. The van der Waals surface area contributed by atoms with Gasteiger partial charge in [0.2, 0.25) is 0 Å². The predicted molar refractivity (Wildman–Crippen MR) is 121 cm³/mol. The quantitative estimate of drug-likeness (QED) is 0.656. The molecule has 1 aliphatic heterocycles. The zero-order valence-electron chi connectivity index (χ0n) is 17.9. The van der Waals surface area contributed by atoms with E-state index in [-0.39, 0.29) is 5.91 Å². The molecule has 0 atom stereocenters. The molecule has 1 aliphatic rings. The summed E-state index contributed by atoms with van der Waals surface area (Å²) in [5.41, 5.74) is 5.22. The van der Waals surface area contributed by atoms with Gasteiger partial charge in [0, 0.05) is 48.6 Å². The van der Waals surface area contributed by atoms with Gasteiger partial charge in [0.05, 0.1) is 0 Å². The van der Waals surface area contributed by atoms with Gasteiger partial charge in [-0.3, -0.25) is 4.79 Å². The normalized spacial score (nSPS) is 14.1.